The molecule has 1 saturated heterocycles. The van der Waals surface area contributed by atoms with E-state index < -0.39 is 0 Å². The Morgan fingerprint density at radius 3 is 2.68 bits per heavy atom. The molecule has 31 heavy (non-hydrogen) atoms. The van der Waals surface area contributed by atoms with Crippen LogP contribution in [0.5, 0.6) is 5.75 Å². The van der Waals surface area contributed by atoms with Crippen LogP contribution in [0.4, 0.5) is 11.4 Å². The van der Waals surface area contributed by atoms with Crippen LogP contribution in [0.1, 0.15) is 24.8 Å². The molecule has 1 unspecified atom stereocenters. The van der Waals surface area contributed by atoms with Gasteiger partial charge in [0.1, 0.15) is 5.75 Å². The van der Waals surface area contributed by atoms with E-state index in [4.69, 9.17) is 11.3 Å². The van der Waals surface area contributed by atoms with Crippen LogP contribution in [0, 0.1) is 6.57 Å². The first kappa shape index (κ1) is 19.7. The van der Waals surface area contributed by atoms with Gasteiger partial charge in [0.05, 0.1) is 19.4 Å². The molecule has 1 fully saturated rings. The van der Waals surface area contributed by atoms with Crippen LogP contribution in [0.3, 0.4) is 0 Å². The van der Waals surface area contributed by atoms with Crippen LogP contribution in [-0.4, -0.2) is 49.2 Å². The van der Waals surface area contributed by atoms with Crippen LogP contribution in [-0.2, 0) is 0 Å². The van der Waals surface area contributed by atoms with Gasteiger partial charge in [-0.05, 0) is 54.5 Å². The van der Waals surface area contributed by atoms with Gasteiger partial charge in [0.2, 0.25) is 0 Å². The highest BCUT2D eigenvalue weighted by atomic mass is 16.5. The summed E-state index contributed by atoms with van der Waals surface area (Å²) in [5.74, 6) is 0.960. The van der Waals surface area contributed by atoms with Crippen molar-refractivity contribution < 1.29 is 4.74 Å². The summed E-state index contributed by atoms with van der Waals surface area (Å²) in [6, 6.07) is 14.8. The minimum Gasteiger partial charge on any atom is -0.495 e. The summed E-state index contributed by atoms with van der Waals surface area (Å²) in [6.45, 7) is 11.6. The third-order valence-electron chi connectivity index (χ3n) is 6.78. The number of nitrogens with zero attached hydrogens (tertiary/aromatic N) is 3. The van der Waals surface area contributed by atoms with E-state index in [0.717, 1.165) is 50.3 Å². The highest BCUT2D eigenvalue weighted by Gasteiger charge is 2.27. The van der Waals surface area contributed by atoms with Gasteiger partial charge in [0, 0.05) is 49.5 Å². The van der Waals surface area contributed by atoms with Crippen molar-refractivity contribution in [3.05, 3.63) is 71.7 Å². The highest BCUT2D eigenvalue weighted by molar-refractivity contribution is 5.94. The van der Waals surface area contributed by atoms with Crippen molar-refractivity contribution in [2.45, 2.75) is 25.3 Å². The van der Waals surface area contributed by atoms with Gasteiger partial charge in [-0.25, -0.2) is 4.85 Å². The maximum absolute atomic E-state index is 7.30. The molecule has 5 heteroatoms. The zero-order chi connectivity index (χ0) is 21.2. The van der Waals surface area contributed by atoms with E-state index in [1.165, 1.54) is 28.6 Å². The maximum atomic E-state index is 7.30. The van der Waals surface area contributed by atoms with Gasteiger partial charge < -0.3 is 14.6 Å². The SMILES string of the molecule is [C-]#[N+]c1ccc2[nH]cc(C3=CCC(N4CCN(c5ccccc5OC)CC4)CC3)c2c1. The van der Waals surface area contributed by atoms with Crippen molar-refractivity contribution in [3.63, 3.8) is 0 Å². The number of aromatic amines is 1. The smallest absolute Gasteiger partial charge is 0.188 e. The van der Waals surface area contributed by atoms with Crippen LogP contribution >= 0.6 is 0 Å². The average molecular weight is 413 g/mol. The number of hydrogen-bond donors (Lipinski definition) is 1. The van der Waals surface area contributed by atoms with Gasteiger partial charge in [-0.1, -0.05) is 24.3 Å². The number of aromatic nitrogens is 1. The van der Waals surface area contributed by atoms with Crippen LogP contribution in [0.15, 0.2) is 54.7 Å². The second kappa shape index (κ2) is 8.49. The fourth-order valence-electron chi connectivity index (χ4n) is 5.06. The number of rotatable bonds is 4. The van der Waals surface area contributed by atoms with E-state index in [0.29, 0.717) is 11.7 Å². The van der Waals surface area contributed by atoms with Gasteiger partial charge in [-0.15, -0.1) is 0 Å². The second-order valence-corrected chi connectivity index (χ2v) is 8.40. The summed E-state index contributed by atoms with van der Waals surface area (Å²) in [7, 11) is 1.75. The van der Waals surface area contributed by atoms with Crippen molar-refractivity contribution in [2.75, 3.05) is 38.2 Å². The molecular formula is C26H28N4O. The van der Waals surface area contributed by atoms with Crippen molar-refractivity contribution in [2.24, 2.45) is 0 Å². The predicted octanol–water partition coefficient (Wildman–Crippen LogP) is 5.49. The Balaban J connectivity index is 1.25. The van der Waals surface area contributed by atoms with E-state index in [-0.39, 0.29) is 0 Å². The van der Waals surface area contributed by atoms with Gasteiger partial charge in [0.25, 0.3) is 0 Å². The molecule has 1 N–H and O–H groups in total. The molecule has 1 aromatic heterocycles. The molecule has 0 bridgehead atoms. The molecule has 3 aromatic rings. The van der Waals surface area contributed by atoms with Crippen molar-refractivity contribution in [1.29, 1.82) is 0 Å². The number of hydrogen-bond acceptors (Lipinski definition) is 3. The van der Waals surface area contributed by atoms with E-state index >= 15 is 0 Å². The Morgan fingerprint density at radius 2 is 1.94 bits per heavy atom. The minimum absolute atomic E-state index is 0.618. The minimum atomic E-state index is 0.618. The Hall–Kier alpha value is -3.23. The van der Waals surface area contributed by atoms with Crippen LogP contribution < -0.4 is 9.64 Å². The zero-order valence-electron chi connectivity index (χ0n) is 18.0. The van der Waals surface area contributed by atoms with E-state index in [1.807, 2.05) is 30.3 Å². The molecule has 1 atom stereocenters. The standard InChI is InChI=1S/C26H28N4O/c1-27-20-9-12-24-22(17-20)23(18-28-24)19-7-10-21(11-8-19)29-13-15-30(16-14-29)25-5-3-4-6-26(25)31-2/h3-7,9,12,17-18,21,28H,8,10-11,13-16H2,2H3. The average Bonchev–Trinajstić information content (AvgIpc) is 3.27. The molecule has 0 radical (unpaired) electrons. The summed E-state index contributed by atoms with van der Waals surface area (Å²) in [5, 5.41) is 1.17. The quantitative estimate of drug-likeness (QED) is 0.576. The lowest BCUT2D eigenvalue weighted by Crippen LogP contribution is -2.50. The second-order valence-electron chi connectivity index (χ2n) is 8.40. The predicted molar refractivity (Wildman–Crippen MR) is 127 cm³/mol. The third-order valence-corrected chi connectivity index (χ3v) is 6.78. The first-order valence-corrected chi connectivity index (χ1v) is 11.1. The van der Waals surface area contributed by atoms with Gasteiger partial charge in [-0.2, -0.15) is 0 Å². The Morgan fingerprint density at radius 1 is 1.10 bits per heavy atom. The molecule has 5 rings (SSSR count). The molecule has 2 heterocycles. The number of allylic oxidation sites excluding steroid dienone is 1. The fourth-order valence-corrected chi connectivity index (χ4v) is 5.06. The van der Waals surface area contributed by atoms with E-state index in [2.05, 4.69) is 44.0 Å². The molecule has 2 aliphatic rings. The number of H-pyrrole nitrogens is 1. The molecule has 5 nitrogen and oxygen atoms in total. The molecular weight excluding hydrogens is 384 g/mol. The van der Waals surface area contributed by atoms with Crippen molar-refractivity contribution >= 4 is 27.9 Å². The van der Waals surface area contributed by atoms with Crippen molar-refractivity contribution in [1.82, 2.24) is 9.88 Å². The van der Waals surface area contributed by atoms with E-state index in [1.54, 1.807) is 7.11 Å². The number of fused-ring (bicyclic) bond motifs is 1. The molecule has 1 aliphatic heterocycles. The summed E-state index contributed by atoms with van der Waals surface area (Å²) < 4.78 is 5.55. The topological polar surface area (TPSA) is 35.9 Å². The first-order chi connectivity index (χ1) is 15.3. The number of methoxy groups -OCH3 is 1. The first-order valence-electron chi connectivity index (χ1n) is 11.1. The van der Waals surface area contributed by atoms with E-state index in [9.17, 15) is 0 Å². The lowest BCUT2D eigenvalue weighted by Gasteiger charge is -2.41. The Bertz CT molecular complexity index is 1150. The fraction of sp³-hybridized carbons (Fsp3) is 0.346. The van der Waals surface area contributed by atoms with Gasteiger partial charge in [0.15, 0.2) is 5.69 Å². The molecule has 158 valence electrons. The summed E-state index contributed by atoms with van der Waals surface area (Å²) in [5.41, 5.74) is 5.69. The van der Waals surface area contributed by atoms with Crippen LogP contribution in [0.25, 0.3) is 21.3 Å². The number of ether oxygens (including phenoxy) is 1. The number of piperazine rings is 1. The third kappa shape index (κ3) is 3.80. The van der Waals surface area contributed by atoms with Crippen molar-refractivity contribution in [3.8, 4) is 5.75 Å². The zero-order valence-corrected chi connectivity index (χ0v) is 18.0. The van der Waals surface area contributed by atoms with Gasteiger partial charge >= 0.3 is 0 Å². The summed E-state index contributed by atoms with van der Waals surface area (Å²) in [4.78, 5) is 12.1. The van der Waals surface area contributed by atoms with Crippen LogP contribution in [0.2, 0.25) is 0 Å². The molecule has 0 spiro atoms. The number of benzene rings is 2. The summed E-state index contributed by atoms with van der Waals surface area (Å²) in [6.07, 6.45) is 7.91. The van der Waals surface area contributed by atoms with Gasteiger partial charge in [-0.3, -0.25) is 4.90 Å². The number of anilines is 1. The summed E-state index contributed by atoms with van der Waals surface area (Å²) >= 11 is 0. The normalized spacial score (nSPS) is 19.8. The Labute approximate surface area is 183 Å². The molecule has 1 aliphatic carbocycles. The number of nitrogens with one attached hydrogen (secondary N) is 1. The Kier molecular flexibility index (Phi) is 5.40. The maximum Gasteiger partial charge on any atom is 0.188 e. The highest BCUT2D eigenvalue weighted by Crippen LogP contribution is 2.35. The lowest BCUT2D eigenvalue weighted by atomic mass is 9.89. The molecule has 2 aromatic carbocycles. The molecule has 0 amide bonds. The largest absolute Gasteiger partial charge is 0.495 e. The lowest BCUT2D eigenvalue weighted by molar-refractivity contribution is 0.175. The number of para-hydroxylation sites is 2. The monoisotopic (exact) mass is 412 g/mol. The molecule has 0 saturated carbocycles.